The molecule has 0 radical (unpaired) electrons. The van der Waals surface area contributed by atoms with Crippen LogP contribution < -0.4 is 0 Å². The quantitative estimate of drug-likeness (QED) is 0.188. The molecule has 0 nitrogen and oxygen atoms in total. The highest BCUT2D eigenvalue weighted by Gasteiger charge is 2.26. The highest BCUT2D eigenvalue weighted by Crippen LogP contribution is 2.30. The number of hydrogen-bond acceptors (Lipinski definition) is 0. The van der Waals surface area contributed by atoms with Crippen LogP contribution in [-0.4, -0.2) is 6.69 Å². The highest BCUT2D eigenvalue weighted by atomic mass is 35.7. The lowest BCUT2D eigenvalue weighted by molar-refractivity contribution is 0.722. The minimum Gasteiger partial charge on any atom is -0.146 e. The largest absolute Gasteiger partial charge is 0.251 e. The molecule has 0 aliphatic heterocycles. The molecule has 0 fully saturated rings. The van der Waals surface area contributed by atoms with Crippen molar-refractivity contribution in [3.63, 3.8) is 0 Å². The maximum absolute atomic E-state index is 6.39. The molecule has 0 aromatic carbocycles. The van der Waals surface area contributed by atoms with Crippen molar-refractivity contribution in [1.82, 2.24) is 0 Å². The van der Waals surface area contributed by atoms with Crippen LogP contribution in [0.4, 0.5) is 0 Å². The van der Waals surface area contributed by atoms with E-state index in [-0.39, 0.29) is 0 Å². The van der Waals surface area contributed by atoms with Gasteiger partial charge in [0.25, 0.3) is 6.69 Å². The molecule has 0 aromatic rings. The zero-order valence-corrected chi connectivity index (χ0v) is 12.7. The van der Waals surface area contributed by atoms with E-state index >= 15 is 0 Å². The van der Waals surface area contributed by atoms with E-state index in [9.17, 15) is 0 Å². The minimum absolute atomic E-state index is 1.03. The average Bonchev–Trinajstić information content (AvgIpc) is 2.24. The van der Waals surface area contributed by atoms with Crippen molar-refractivity contribution >= 4 is 28.9 Å². The smallest absolute Gasteiger partial charge is 0.146 e. The normalized spacial score (nSPS) is 11.4. The highest BCUT2D eigenvalue weighted by molar-refractivity contribution is 7.45. The van der Waals surface area contributed by atoms with Gasteiger partial charge in [-0.25, -0.2) is 0 Å². The van der Waals surface area contributed by atoms with Crippen molar-refractivity contribution in [1.29, 1.82) is 0 Å². The summed E-state index contributed by atoms with van der Waals surface area (Å²) in [6.07, 6.45) is 12.1. The van der Waals surface area contributed by atoms with Crippen LogP contribution in [0.2, 0.25) is 12.1 Å². The van der Waals surface area contributed by atoms with Crippen LogP contribution in [0.25, 0.3) is 0 Å². The summed E-state index contributed by atoms with van der Waals surface area (Å²) in [6.45, 7) is 5.49. The van der Waals surface area contributed by atoms with Gasteiger partial charge in [0.2, 0.25) is 0 Å². The number of rotatable bonds is 11. The van der Waals surface area contributed by atoms with Crippen molar-refractivity contribution in [2.75, 3.05) is 0 Å². The van der Waals surface area contributed by atoms with Crippen LogP contribution in [0.3, 0.4) is 0 Å². The molecule has 0 rings (SSSR count). The van der Waals surface area contributed by atoms with E-state index in [1.54, 1.807) is 0 Å². The van der Waals surface area contributed by atoms with E-state index in [0.717, 1.165) is 31.4 Å². The summed E-state index contributed by atoms with van der Waals surface area (Å²) in [5.41, 5.74) is 0. The predicted octanol–water partition coefficient (Wildman–Crippen LogP) is 6.01. The Balaban J connectivity index is 3.45. The second kappa shape index (κ2) is 10.4. The Kier molecular flexibility index (Phi) is 10.6. The van der Waals surface area contributed by atoms with Crippen LogP contribution >= 0.6 is 22.2 Å². The maximum Gasteiger partial charge on any atom is 0.251 e. The SMILES string of the molecule is C=CCCCCC[Si](Cl)(Cl)CCCCC=C. The van der Waals surface area contributed by atoms with Gasteiger partial charge in [0.15, 0.2) is 0 Å². The maximum atomic E-state index is 6.39. The van der Waals surface area contributed by atoms with Crippen molar-refractivity contribution in [2.45, 2.75) is 57.0 Å². The molecule has 0 bridgehead atoms. The van der Waals surface area contributed by atoms with E-state index in [1.165, 1.54) is 25.7 Å². The summed E-state index contributed by atoms with van der Waals surface area (Å²) in [4.78, 5) is 0. The molecule has 0 saturated carbocycles. The molecule has 0 aromatic heterocycles. The van der Waals surface area contributed by atoms with Gasteiger partial charge in [0.1, 0.15) is 0 Å². The lowest BCUT2D eigenvalue weighted by Gasteiger charge is -2.15. The van der Waals surface area contributed by atoms with Crippen LogP contribution in [0.1, 0.15) is 44.9 Å². The third-order valence-electron chi connectivity index (χ3n) is 2.65. The third kappa shape index (κ3) is 10.8. The number of halogens is 2. The van der Waals surface area contributed by atoms with Gasteiger partial charge in [0.05, 0.1) is 0 Å². The molecule has 16 heavy (non-hydrogen) atoms. The fourth-order valence-electron chi connectivity index (χ4n) is 1.65. The Morgan fingerprint density at radius 1 is 0.750 bits per heavy atom. The van der Waals surface area contributed by atoms with Crippen molar-refractivity contribution < 1.29 is 0 Å². The molecule has 0 N–H and O–H groups in total. The van der Waals surface area contributed by atoms with E-state index < -0.39 is 6.69 Å². The third-order valence-corrected chi connectivity index (χ3v) is 7.09. The Hall–Kier alpha value is 0.277. The Labute approximate surface area is 111 Å². The number of unbranched alkanes of at least 4 members (excludes halogenated alkanes) is 5. The fourth-order valence-corrected chi connectivity index (χ4v) is 5.03. The molecule has 0 heterocycles. The molecule has 0 aliphatic carbocycles. The first-order valence-electron chi connectivity index (χ1n) is 6.22. The van der Waals surface area contributed by atoms with Crippen LogP contribution in [-0.2, 0) is 0 Å². The topological polar surface area (TPSA) is 0 Å². The van der Waals surface area contributed by atoms with E-state index in [1.807, 2.05) is 12.2 Å². The summed E-state index contributed by atoms with van der Waals surface area (Å²) in [5.74, 6) is 0. The summed E-state index contributed by atoms with van der Waals surface area (Å²) in [6, 6.07) is 2.08. The van der Waals surface area contributed by atoms with Crippen LogP contribution in [0, 0.1) is 0 Å². The average molecular weight is 279 g/mol. The standard InChI is InChI=1S/C13H24Cl2Si/c1-3-5-7-9-11-13-16(14,15)12-10-8-6-4-2/h3-4H,1-2,5-13H2. The van der Waals surface area contributed by atoms with Gasteiger partial charge < -0.3 is 0 Å². The monoisotopic (exact) mass is 278 g/mol. The van der Waals surface area contributed by atoms with Gasteiger partial charge in [-0.15, -0.1) is 35.3 Å². The second-order valence-electron chi connectivity index (χ2n) is 4.28. The Morgan fingerprint density at radius 2 is 1.19 bits per heavy atom. The molecule has 0 amide bonds. The summed E-state index contributed by atoms with van der Waals surface area (Å²) < 4.78 is 0. The number of hydrogen-bond donors (Lipinski definition) is 0. The molecule has 0 unspecified atom stereocenters. The summed E-state index contributed by atoms with van der Waals surface area (Å²) >= 11 is 12.8. The first-order chi connectivity index (χ1) is 7.62. The molecular weight excluding hydrogens is 255 g/mol. The molecule has 0 atom stereocenters. The van der Waals surface area contributed by atoms with Crippen LogP contribution in [0.5, 0.6) is 0 Å². The van der Waals surface area contributed by atoms with E-state index in [0.29, 0.717) is 0 Å². The second-order valence-corrected chi connectivity index (χ2v) is 11.9. The molecule has 94 valence electrons. The lowest BCUT2D eigenvalue weighted by atomic mass is 10.2. The Morgan fingerprint density at radius 3 is 1.69 bits per heavy atom. The minimum atomic E-state index is -1.93. The van der Waals surface area contributed by atoms with Gasteiger partial charge in [-0.05, 0) is 31.4 Å². The molecule has 3 heteroatoms. The predicted molar refractivity (Wildman–Crippen MR) is 79.8 cm³/mol. The van der Waals surface area contributed by atoms with Gasteiger partial charge in [-0.3, -0.25) is 0 Å². The van der Waals surface area contributed by atoms with Crippen molar-refractivity contribution in [3.8, 4) is 0 Å². The summed E-state index contributed by atoms with van der Waals surface area (Å²) in [7, 11) is 0. The Bertz CT molecular complexity index is 190. The van der Waals surface area contributed by atoms with Gasteiger partial charge in [-0.1, -0.05) is 37.8 Å². The van der Waals surface area contributed by atoms with Gasteiger partial charge in [0, 0.05) is 0 Å². The van der Waals surface area contributed by atoms with Gasteiger partial charge >= 0.3 is 0 Å². The van der Waals surface area contributed by atoms with Crippen LogP contribution in [0.15, 0.2) is 25.3 Å². The fraction of sp³-hybridized carbons (Fsp3) is 0.692. The lowest BCUT2D eigenvalue weighted by Crippen LogP contribution is -2.18. The van der Waals surface area contributed by atoms with E-state index in [2.05, 4.69) is 13.2 Å². The molecular formula is C13H24Cl2Si. The zero-order chi connectivity index (χ0) is 12.3. The zero-order valence-electron chi connectivity index (χ0n) is 10.2. The van der Waals surface area contributed by atoms with Gasteiger partial charge in [-0.2, -0.15) is 0 Å². The molecule has 0 spiro atoms. The molecule has 0 saturated heterocycles. The first kappa shape index (κ1) is 16.3. The van der Waals surface area contributed by atoms with Crippen molar-refractivity contribution in [2.24, 2.45) is 0 Å². The van der Waals surface area contributed by atoms with Crippen molar-refractivity contribution in [3.05, 3.63) is 25.3 Å². The summed E-state index contributed by atoms with van der Waals surface area (Å²) in [5, 5.41) is 0. The number of allylic oxidation sites excluding steroid dienone is 2. The first-order valence-corrected chi connectivity index (χ1v) is 10.7. The molecule has 0 aliphatic rings. The van der Waals surface area contributed by atoms with E-state index in [4.69, 9.17) is 22.2 Å².